The number of thiazole rings is 1. The van der Waals surface area contributed by atoms with Crippen LogP contribution >= 0.6 is 11.3 Å². The molecule has 0 bridgehead atoms. The second-order valence-electron chi connectivity index (χ2n) is 4.64. The molecule has 2 aromatic heterocycles. The first-order chi connectivity index (χ1) is 9.24. The Labute approximate surface area is 114 Å². The molecule has 1 amide bonds. The average molecular weight is 278 g/mol. The van der Waals surface area contributed by atoms with E-state index in [4.69, 9.17) is 4.52 Å². The summed E-state index contributed by atoms with van der Waals surface area (Å²) in [6, 6.07) is 0. The molecule has 0 radical (unpaired) electrons. The van der Waals surface area contributed by atoms with Crippen LogP contribution in [0.5, 0.6) is 0 Å². The molecule has 1 aliphatic heterocycles. The molecule has 7 heteroatoms. The van der Waals surface area contributed by atoms with Crippen molar-refractivity contribution in [1.29, 1.82) is 0 Å². The van der Waals surface area contributed by atoms with E-state index in [0.29, 0.717) is 24.0 Å². The zero-order valence-corrected chi connectivity index (χ0v) is 11.4. The van der Waals surface area contributed by atoms with E-state index < -0.39 is 0 Å². The van der Waals surface area contributed by atoms with Crippen LogP contribution in [0.4, 0.5) is 0 Å². The van der Waals surface area contributed by atoms with Gasteiger partial charge >= 0.3 is 0 Å². The Bertz CT molecular complexity index is 566. The van der Waals surface area contributed by atoms with Crippen LogP contribution in [0.2, 0.25) is 0 Å². The summed E-state index contributed by atoms with van der Waals surface area (Å²) in [5.74, 6) is 1.42. The Morgan fingerprint density at radius 1 is 1.58 bits per heavy atom. The molecule has 1 fully saturated rings. The van der Waals surface area contributed by atoms with E-state index in [1.54, 1.807) is 17.8 Å². The number of hydrogen-bond acceptors (Lipinski definition) is 6. The van der Waals surface area contributed by atoms with Crippen LogP contribution in [0, 0.1) is 6.92 Å². The summed E-state index contributed by atoms with van der Waals surface area (Å²) in [6.45, 7) is 3.18. The maximum atomic E-state index is 12.2. The zero-order valence-electron chi connectivity index (χ0n) is 10.6. The van der Waals surface area contributed by atoms with Crippen LogP contribution in [0.3, 0.4) is 0 Å². The fraction of sp³-hybridized carbons (Fsp3) is 0.500. The smallest absolute Gasteiger partial charge is 0.273 e. The number of carbonyl (C=O) groups excluding carboxylic acids is 1. The summed E-state index contributed by atoms with van der Waals surface area (Å²) < 4.78 is 5.01. The fourth-order valence-corrected chi connectivity index (χ4v) is 2.86. The first kappa shape index (κ1) is 12.3. The molecule has 0 saturated carbocycles. The Morgan fingerprint density at radius 3 is 3.16 bits per heavy atom. The molecule has 1 aliphatic rings. The molecule has 0 unspecified atom stereocenters. The van der Waals surface area contributed by atoms with Gasteiger partial charge in [0.05, 0.1) is 5.51 Å². The molecule has 2 aromatic rings. The minimum atomic E-state index is -0.00818. The Hall–Kier alpha value is -1.76. The highest BCUT2D eigenvalue weighted by molar-refractivity contribution is 7.07. The maximum Gasteiger partial charge on any atom is 0.273 e. The van der Waals surface area contributed by atoms with Crippen LogP contribution in [-0.2, 0) is 0 Å². The molecular formula is C12H14N4O2S. The van der Waals surface area contributed by atoms with Crippen molar-refractivity contribution in [3.63, 3.8) is 0 Å². The number of aromatic nitrogens is 3. The third-order valence-corrected chi connectivity index (χ3v) is 3.85. The third-order valence-electron chi connectivity index (χ3n) is 3.27. The van der Waals surface area contributed by atoms with Gasteiger partial charge in [0.25, 0.3) is 5.91 Å². The van der Waals surface area contributed by atoms with Crippen LogP contribution in [-0.4, -0.2) is 39.0 Å². The van der Waals surface area contributed by atoms with E-state index in [1.807, 2.05) is 4.90 Å². The molecule has 0 spiro atoms. The lowest BCUT2D eigenvalue weighted by Gasteiger charge is -2.30. The predicted molar refractivity (Wildman–Crippen MR) is 69.0 cm³/mol. The second kappa shape index (κ2) is 5.08. The van der Waals surface area contributed by atoms with Gasteiger partial charge in [0.1, 0.15) is 5.69 Å². The third kappa shape index (κ3) is 2.51. The molecule has 3 rings (SSSR count). The number of piperidine rings is 1. The van der Waals surface area contributed by atoms with Crippen molar-refractivity contribution in [3.8, 4) is 0 Å². The lowest BCUT2D eigenvalue weighted by Crippen LogP contribution is -2.39. The van der Waals surface area contributed by atoms with E-state index in [-0.39, 0.29) is 11.8 Å². The van der Waals surface area contributed by atoms with Crippen LogP contribution in [0.1, 0.15) is 41.0 Å². The first-order valence-corrected chi connectivity index (χ1v) is 7.16. The lowest BCUT2D eigenvalue weighted by molar-refractivity contribution is 0.0698. The maximum absolute atomic E-state index is 12.2. The van der Waals surface area contributed by atoms with Crippen molar-refractivity contribution in [2.75, 3.05) is 13.1 Å². The minimum absolute atomic E-state index is 0.00818. The Kier molecular flexibility index (Phi) is 3.29. The van der Waals surface area contributed by atoms with Crippen LogP contribution < -0.4 is 0 Å². The van der Waals surface area contributed by atoms with Gasteiger partial charge in [-0.15, -0.1) is 11.3 Å². The molecule has 19 heavy (non-hydrogen) atoms. The summed E-state index contributed by atoms with van der Waals surface area (Å²) in [7, 11) is 0. The van der Waals surface area contributed by atoms with E-state index >= 15 is 0 Å². The Balaban J connectivity index is 1.73. The molecule has 1 atom stereocenters. The number of carbonyl (C=O) groups is 1. The number of nitrogens with zero attached hydrogens (tertiary/aromatic N) is 4. The van der Waals surface area contributed by atoms with Gasteiger partial charge in [-0.2, -0.15) is 4.98 Å². The highest BCUT2D eigenvalue weighted by Gasteiger charge is 2.28. The zero-order chi connectivity index (χ0) is 13.2. The lowest BCUT2D eigenvalue weighted by atomic mass is 9.97. The Morgan fingerprint density at radius 2 is 2.47 bits per heavy atom. The molecule has 1 saturated heterocycles. The summed E-state index contributed by atoms with van der Waals surface area (Å²) in [5, 5.41) is 5.74. The summed E-state index contributed by atoms with van der Waals surface area (Å²) in [4.78, 5) is 22.4. The number of rotatable bonds is 2. The van der Waals surface area contributed by atoms with E-state index in [2.05, 4.69) is 15.1 Å². The molecule has 0 N–H and O–H groups in total. The first-order valence-electron chi connectivity index (χ1n) is 6.21. The van der Waals surface area contributed by atoms with E-state index in [0.717, 1.165) is 19.4 Å². The highest BCUT2D eigenvalue weighted by Crippen LogP contribution is 2.25. The van der Waals surface area contributed by atoms with Gasteiger partial charge in [-0.3, -0.25) is 4.79 Å². The van der Waals surface area contributed by atoms with E-state index in [1.165, 1.54) is 11.3 Å². The summed E-state index contributed by atoms with van der Waals surface area (Å²) in [6.07, 6.45) is 1.94. The number of amides is 1. The van der Waals surface area contributed by atoms with Gasteiger partial charge in [-0.25, -0.2) is 4.98 Å². The van der Waals surface area contributed by atoms with Crippen LogP contribution in [0.15, 0.2) is 15.4 Å². The molecule has 0 aliphatic carbocycles. The number of likely N-dealkylation sites (tertiary alicyclic amines) is 1. The topological polar surface area (TPSA) is 72.1 Å². The van der Waals surface area contributed by atoms with Gasteiger partial charge in [-0.1, -0.05) is 5.16 Å². The van der Waals surface area contributed by atoms with Gasteiger partial charge in [0.15, 0.2) is 5.82 Å². The largest absolute Gasteiger partial charge is 0.340 e. The van der Waals surface area contributed by atoms with Gasteiger partial charge in [-0.05, 0) is 12.8 Å². The van der Waals surface area contributed by atoms with Crippen molar-refractivity contribution in [2.45, 2.75) is 25.7 Å². The number of aryl methyl sites for hydroxylation is 1. The van der Waals surface area contributed by atoms with Crippen molar-refractivity contribution in [2.24, 2.45) is 0 Å². The monoisotopic (exact) mass is 278 g/mol. The van der Waals surface area contributed by atoms with Crippen molar-refractivity contribution >= 4 is 17.2 Å². The van der Waals surface area contributed by atoms with E-state index in [9.17, 15) is 4.79 Å². The molecule has 6 nitrogen and oxygen atoms in total. The van der Waals surface area contributed by atoms with Crippen LogP contribution in [0.25, 0.3) is 0 Å². The molecule has 0 aromatic carbocycles. The normalized spacial score (nSPS) is 19.6. The SMILES string of the molecule is Cc1nc([C@@H]2CCCN(C(=O)c3cscn3)C2)no1. The molecular weight excluding hydrogens is 264 g/mol. The van der Waals surface area contributed by atoms with Gasteiger partial charge in [0.2, 0.25) is 5.89 Å². The van der Waals surface area contributed by atoms with Gasteiger partial charge in [0, 0.05) is 31.3 Å². The summed E-state index contributed by atoms with van der Waals surface area (Å²) in [5.41, 5.74) is 2.20. The average Bonchev–Trinajstić information content (AvgIpc) is 3.09. The standard InChI is InChI=1S/C12H14N4O2S/c1-8-14-11(15-18-8)9-3-2-4-16(5-9)12(17)10-6-19-7-13-10/h6-7,9H,2-5H2,1H3/t9-/m1/s1. The van der Waals surface area contributed by atoms with Crippen molar-refractivity contribution in [3.05, 3.63) is 28.3 Å². The molecule has 3 heterocycles. The minimum Gasteiger partial charge on any atom is -0.340 e. The highest BCUT2D eigenvalue weighted by atomic mass is 32.1. The van der Waals surface area contributed by atoms with Crippen molar-refractivity contribution < 1.29 is 9.32 Å². The predicted octanol–water partition coefficient (Wildman–Crippen LogP) is 1.85. The quantitative estimate of drug-likeness (QED) is 0.838. The van der Waals surface area contributed by atoms with Gasteiger partial charge < -0.3 is 9.42 Å². The molecule has 100 valence electrons. The second-order valence-corrected chi connectivity index (χ2v) is 5.35. The van der Waals surface area contributed by atoms with Crippen molar-refractivity contribution in [1.82, 2.24) is 20.0 Å². The fourth-order valence-electron chi connectivity index (χ4n) is 2.33. The summed E-state index contributed by atoms with van der Waals surface area (Å²) >= 11 is 1.43. The number of hydrogen-bond donors (Lipinski definition) is 0.